The summed E-state index contributed by atoms with van der Waals surface area (Å²) in [7, 11) is -1.41. The standard InChI is InChI=1S/C14H19N3O6S/c1-10(18)15-11-4-6-12(7-5-11)24(22,23)17(3)8-13(19)16(2)9-14(20)21/h4-7H,8-9H2,1-3H3,(H,15,18)(H,20,21). The van der Waals surface area contributed by atoms with E-state index in [0.717, 1.165) is 9.21 Å². The van der Waals surface area contributed by atoms with Gasteiger partial charge >= 0.3 is 5.97 Å². The van der Waals surface area contributed by atoms with Gasteiger partial charge in [-0.2, -0.15) is 4.31 Å². The van der Waals surface area contributed by atoms with E-state index in [1.54, 1.807) is 0 Å². The lowest BCUT2D eigenvalue weighted by Gasteiger charge is -2.20. The Morgan fingerprint density at radius 1 is 1.08 bits per heavy atom. The molecule has 10 heteroatoms. The summed E-state index contributed by atoms with van der Waals surface area (Å²) in [5.41, 5.74) is 0.446. The number of sulfonamides is 1. The molecule has 132 valence electrons. The van der Waals surface area contributed by atoms with Gasteiger partial charge in [0.2, 0.25) is 21.8 Å². The number of amides is 2. The van der Waals surface area contributed by atoms with E-state index in [4.69, 9.17) is 5.11 Å². The molecule has 0 spiro atoms. The lowest BCUT2D eigenvalue weighted by molar-refractivity contribution is -0.143. The third-order valence-corrected chi connectivity index (χ3v) is 4.86. The van der Waals surface area contributed by atoms with Gasteiger partial charge < -0.3 is 15.3 Å². The van der Waals surface area contributed by atoms with Crippen molar-refractivity contribution < 1.29 is 27.9 Å². The molecule has 0 bridgehead atoms. The van der Waals surface area contributed by atoms with Crippen LogP contribution in [0.2, 0.25) is 0 Å². The highest BCUT2D eigenvalue weighted by atomic mass is 32.2. The number of aliphatic carboxylic acids is 1. The quantitative estimate of drug-likeness (QED) is 0.697. The molecule has 0 saturated heterocycles. The summed E-state index contributed by atoms with van der Waals surface area (Å²) in [5.74, 6) is -2.11. The number of rotatable bonds is 7. The topological polar surface area (TPSA) is 124 Å². The van der Waals surface area contributed by atoms with E-state index < -0.39 is 35.0 Å². The molecular weight excluding hydrogens is 338 g/mol. The molecule has 2 N–H and O–H groups in total. The highest BCUT2D eigenvalue weighted by Gasteiger charge is 2.24. The van der Waals surface area contributed by atoms with E-state index in [-0.39, 0.29) is 10.8 Å². The van der Waals surface area contributed by atoms with Gasteiger partial charge in [0.05, 0.1) is 11.4 Å². The molecule has 0 aromatic heterocycles. The van der Waals surface area contributed by atoms with Gasteiger partial charge in [0.15, 0.2) is 0 Å². The summed E-state index contributed by atoms with van der Waals surface area (Å²) >= 11 is 0. The molecule has 0 unspecified atom stereocenters. The lowest BCUT2D eigenvalue weighted by atomic mass is 10.3. The van der Waals surface area contributed by atoms with Crippen LogP contribution in [0.15, 0.2) is 29.2 Å². The summed E-state index contributed by atoms with van der Waals surface area (Å²) in [5, 5.41) is 11.2. The number of carbonyl (C=O) groups excluding carboxylic acids is 2. The molecule has 0 fully saturated rings. The maximum atomic E-state index is 12.4. The van der Waals surface area contributed by atoms with Crippen LogP contribution in [-0.2, 0) is 24.4 Å². The lowest BCUT2D eigenvalue weighted by Crippen LogP contribution is -2.41. The maximum Gasteiger partial charge on any atom is 0.323 e. The normalized spacial score (nSPS) is 11.2. The van der Waals surface area contributed by atoms with Crippen LogP contribution in [0.25, 0.3) is 0 Å². The van der Waals surface area contributed by atoms with Gasteiger partial charge in [0.25, 0.3) is 0 Å². The fourth-order valence-corrected chi connectivity index (χ4v) is 2.90. The van der Waals surface area contributed by atoms with Crippen molar-refractivity contribution in [1.29, 1.82) is 0 Å². The molecule has 0 radical (unpaired) electrons. The molecule has 1 aromatic rings. The zero-order valence-corrected chi connectivity index (χ0v) is 14.3. The van der Waals surface area contributed by atoms with Crippen LogP contribution in [0.3, 0.4) is 0 Å². The van der Waals surface area contributed by atoms with E-state index in [1.165, 1.54) is 45.3 Å². The first kappa shape index (κ1) is 19.6. The van der Waals surface area contributed by atoms with Crippen molar-refractivity contribution in [3.63, 3.8) is 0 Å². The Bertz CT molecular complexity index is 729. The van der Waals surface area contributed by atoms with Gasteiger partial charge in [0, 0.05) is 26.7 Å². The largest absolute Gasteiger partial charge is 0.480 e. The van der Waals surface area contributed by atoms with Gasteiger partial charge in [-0.05, 0) is 24.3 Å². The van der Waals surface area contributed by atoms with Crippen molar-refractivity contribution in [2.24, 2.45) is 0 Å². The molecule has 0 saturated carbocycles. The van der Waals surface area contributed by atoms with E-state index in [1.807, 2.05) is 0 Å². The first-order valence-electron chi connectivity index (χ1n) is 6.83. The van der Waals surface area contributed by atoms with Crippen molar-refractivity contribution in [1.82, 2.24) is 9.21 Å². The van der Waals surface area contributed by atoms with Gasteiger partial charge in [-0.25, -0.2) is 8.42 Å². The van der Waals surface area contributed by atoms with Crippen LogP contribution in [-0.4, -0.2) is 67.7 Å². The fraction of sp³-hybridized carbons (Fsp3) is 0.357. The second-order valence-corrected chi connectivity index (χ2v) is 7.16. The van der Waals surface area contributed by atoms with Crippen LogP contribution in [0, 0.1) is 0 Å². The first-order chi connectivity index (χ1) is 11.0. The van der Waals surface area contributed by atoms with E-state index in [0.29, 0.717) is 5.69 Å². The van der Waals surface area contributed by atoms with Crippen molar-refractivity contribution in [3.05, 3.63) is 24.3 Å². The minimum Gasteiger partial charge on any atom is -0.480 e. The fourth-order valence-electron chi connectivity index (χ4n) is 1.78. The number of nitrogens with one attached hydrogen (secondary N) is 1. The molecule has 2 amide bonds. The average Bonchev–Trinajstić information content (AvgIpc) is 2.46. The Morgan fingerprint density at radius 2 is 1.62 bits per heavy atom. The number of anilines is 1. The number of benzene rings is 1. The summed E-state index contributed by atoms with van der Waals surface area (Å²) < 4.78 is 25.6. The smallest absolute Gasteiger partial charge is 0.323 e. The molecular formula is C14H19N3O6S. The molecule has 1 aromatic carbocycles. The molecule has 24 heavy (non-hydrogen) atoms. The highest BCUT2D eigenvalue weighted by molar-refractivity contribution is 7.89. The predicted molar refractivity (Wildman–Crippen MR) is 85.8 cm³/mol. The molecule has 9 nitrogen and oxygen atoms in total. The Hall–Kier alpha value is -2.46. The van der Waals surface area contributed by atoms with Crippen molar-refractivity contribution in [3.8, 4) is 0 Å². The minimum atomic E-state index is -3.92. The molecule has 1 rings (SSSR count). The Kier molecular flexibility index (Phi) is 6.43. The zero-order chi connectivity index (χ0) is 18.5. The van der Waals surface area contributed by atoms with Crippen LogP contribution < -0.4 is 5.32 Å². The third-order valence-electron chi connectivity index (χ3n) is 3.04. The van der Waals surface area contributed by atoms with E-state index in [2.05, 4.69) is 5.32 Å². The third kappa shape index (κ3) is 5.32. The van der Waals surface area contributed by atoms with Crippen LogP contribution >= 0.6 is 0 Å². The van der Waals surface area contributed by atoms with Crippen LogP contribution in [0.4, 0.5) is 5.69 Å². The minimum absolute atomic E-state index is 0.0483. The van der Waals surface area contributed by atoms with Crippen LogP contribution in [0.5, 0.6) is 0 Å². The predicted octanol–water partition coefficient (Wildman–Crippen LogP) is -0.191. The van der Waals surface area contributed by atoms with Gasteiger partial charge in [0.1, 0.15) is 6.54 Å². The molecule has 0 atom stereocenters. The van der Waals surface area contributed by atoms with Gasteiger partial charge in [-0.15, -0.1) is 0 Å². The Morgan fingerprint density at radius 3 is 2.08 bits per heavy atom. The van der Waals surface area contributed by atoms with Gasteiger partial charge in [-0.3, -0.25) is 14.4 Å². The summed E-state index contributed by atoms with van der Waals surface area (Å²) in [4.78, 5) is 34.2. The van der Waals surface area contributed by atoms with Crippen molar-refractivity contribution in [2.45, 2.75) is 11.8 Å². The Balaban J connectivity index is 2.85. The molecule has 0 aliphatic rings. The number of carboxylic acid groups (broad SMARTS) is 1. The number of carbonyl (C=O) groups is 3. The second kappa shape index (κ2) is 7.88. The highest BCUT2D eigenvalue weighted by Crippen LogP contribution is 2.17. The molecule has 0 aliphatic heterocycles. The SMILES string of the molecule is CC(=O)Nc1ccc(S(=O)(=O)N(C)CC(=O)N(C)CC(=O)O)cc1. The molecule has 0 heterocycles. The molecule has 0 aliphatic carbocycles. The summed E-state index contributed by atoms with van der Waals surface area (Å²) in [6.07, 6.45) is 0. The Labute approximate surface area is 139 Å². The maximum absolute atomic E-state index is 12.4. The average molecular weight is 357 g/mol. The van der Waals surface area contributed by atoms with Crippen molar-refractivity contribution in [2.75, 3.05) is 32.5 Å². The second-order valence-electron chi connectivity index (χ2n) is 5.11. The summed E-state index contributed by atoms with van der Waals surface area (Å²) in [6, 6.07) is 5.48. The number of hydrogen-bond donors (Lipinski definition) is 2. The van der Waals surface area contributed by atoms with E-state index in [9.17, 15) is 22.8 Å². The van der Waals surface area contributed by atoms with Crippen LogP contribution in [0.1, 0.15) is 6.92 Å². The first-order valence-corrected chi connectivity index (χ1v) is 8.28. The number of hydrogen-bond acceptors (Lipinski definition) is 5. The van der Waals surface area contributed by atoms with E-state index >= 15 is 0 Å². The summed E-state index contributed by atoms with van der Waals surface area (Å²) in [6.45, 7) is 0.329. The number of likely N-dealkylation sites (N-methyl/N-ethyl adjacent to an activating group) is 2. The number of carboxylic acids is 1. The monoisotopic (exact) mass is 357 g/mol. The van der Waals surface area contributed by atoms with Crippen molar-refractivity contribution >= 4 is 33.5 Å². The number of nitrogens with zero attached hydrogens (tertiary/aromatic N) is 2. The van der Waals surface area contributed by atoms with Gasteiger partial charge in [-0.1, -0.05) is 0 Å². The zero-order valence-electron chi connectivity index (χ0n) is 13.5.